The number of hydrogen-bond donors (Lipinski definition) is 1. The number of rotatable bonds is 2. The Hall–Kier alpha value is -0.300. The molecule has 1 saturated carbocycles. The summed E-state index contributed by atoms with van der Waals surface area (Å²) < 4.78 is 1.70. The van der Waals surface area contributed by atoms with E-state index in [9.17, 15) is 0 Å². The molecule has 6 heteroatoms. The normalized spacial score (nSPS) is 25.6. The zero-order valence-corrected chi connectivity index (χ0v) is 15.1. The van der Waals surface area contributed by atoms with Crippen molar-refractivity contribution in [2.75, 3.05) is 33.7 Å². The number of H-pyrrole nitrogens is 1. The summed E-state index contributed by atoms with van der Waals surface area (Å²) in [4.78, 5) is 13.0. The highest BCUT2D eigenvalue weighted by molar-refractivity contribution is 9.10. The van der Waals surface area contributed by atoms with Crippen LogP contribution in [0.2, 0.25) is 0 Å². The first-order valence-corrected chi connectivity index (χ1v) is 8.94. The van der Waals surface area contributed by atoms with Crippen molar-refractivity contribution in [3.05, 3.63) is 20.6 Å². The number of piperazine rings is 1. The van der Waals surface area contributed by atoms with Gasteiger partial charge in [-0.15, -0.1) is 0 Å². The Morgan fingerprint density at radius 2 is 1.95 bits per heavy atom. The molecule has 1 saturated heterocycles. The molecule has 1 aliphatic heterocycles. The second kappa shape index (κ2) is 6.44. The molecule has 1 unspecified atom stereocenters. The monoisotopic (exact) mass is 370 g/mol. The minimum atomic E-state index is 0.304. The average Bonchev–Trinajstić information content (AvgIpc) is 2.98. The molecule has 2 fully saturated rings. The fourth-order valence-electron chi connectivity index (χ4n) is 3.45. The van der Waals surface area contributed by atoms with Gasteiger partial charge in [0.1, 0.15) is 10.5 Å². The molecule has 3 rings (SSSR count). The van der Waals surface area contributed by atoms with Crippen LogP contribution in [0, 0.1) is 4.64 Å². The molecule has 0 amide bonds. The van der Waals surface area contributed by atoms with Crippen LogP contribution in [0.25, 0.3) is 0 Å². The summed E-state index contributed by atoms with van der Waals surface area (Å²) in [7, 11) is 4.35. The van der Waals surface area contributed by atoms with Gasteiger partial charge in [0.15, 0.2) is 0 Å². The van der Waals surface area contributed by atoms with Crippen LogP contribution in [0.1, 0.15) is 49.2 Å². The fourth-order valence-corrected chi connectivity index (χ4v) is 4.17. The van der Waals surface area contributed by atoms with E-state index >= 15 is 0 Å². The molecule has 0 aromatic carbocycles. The predicted molar refractivity (Wildman–Crippen MR) is 91.2 cm³/mol. The zero-order valence-electron chi connectivity index (χ0n) is 12.7. The number of halogens is 1. The average molecular weight is 371 g/mol. The van der Waals surface area contributed by atoms with Crippen molar-refractivity contribution in [1.82, 2.24) is 19.8 Å². The molecule has 0 bridgehead atoms. The highest BCUT2D eigenvalue weighted by Gasteiger charge is 2.28. The predicted octanol–water partition coefficient (Wildman–Crippen LogP) is 3.48. The number of hydrogen-bond acceptors (Lipinski definition) is 4. The molecule has 1 aromatic rings. The molecule has 0 radical (unpaired) electrons. The minimum absolute atomic E-state index is 0.304. The van der Waals surface area contributed by atoms with E-state index in [1.807, 2.05) is 0 Å². The largest absolute Gasteiger partial charge is 0.344 e. The van der Waals surface area contributed by atoms with Gasteiger partial charge >= 0.3 is 0 Å². The summed E-state index contributed by atoms with van der Waals surface area (Å²) in [6.45, 7) is 3.18. The zero-order chi connectivity index (χ0) is 15.0. The quantitative estimate of drug-likeness (QED) is 0.808. The van der Waals surface area contributed by atoms with Crippen LogP contribution in [-0.4, -0.2) is 53.5 Å². The Labute approximate surface area is 140 Å². The van der Waals surface area contributed by atoms with E-state index in [4.69, 9.17) is 12.2 Å². The smallest absolute Gasteiger partial charge is 0.144 e. The van der Waals surface area contributed by atoms with Crippen molar-refractivity contribution in [3.63, 3.8) is 0 Å². The summed E-state index contributed by atoms with van der Waals surface area (Å²) in [5.41, 5.74) is 1.27. The molecule has 2 heterocycles. The van der Waals surface area contributed by atoms with Crippen molar-refractivity contribution in [2.24, 2.45) is 0 Å². The highest BCUT2D eigenvalue weighted by Crippen LogP contribution is 2.37. The third kappa shape index (κ3) is 3.23. The minimum Gasteiger partial charge on any atom is -0.344 e. The molecule has 4 nitrogen and oxygen atoms in total. The maximum atomic E-state index is 5.49. The second-order valence-electron chi connectivity index (χ2n) is 6.39. The van der Waals surface area contributed by atoms with Gasteiger partial charge in [-0.2, -0.15) is 0 Å². The van der Waals surface area contributed by atoms with Gasteiger partial charge in [0.25, 0.3) is 0 Å². The molecule has 116 valence electrons. The van der Waals surface area contributed by atoms with Gasteiger partial charge in [0.2, 0.25) is 0 Å². The van der Waals surface area contributed by atoms with Crippen LogP contribution < -0.4 is 0 Å². The van der Waals surface area contributed by atoms with Crippen molar-refractivity contribution in [3.8, 4) is 0 Å². The fraction of sp³-hybridized carbons (Fsp3) is 0.733. The molecule has 0 spiro atoms. The molecule has 21 heavy (non-hydrogen) atoms. The number of aromatic amines is 1. The Morgan fingerprint density at radius 3 is 2.67 bits per heavy atom. The summed E-state index contributed by atoms with van der Waals surface area (Å²) in [5.74, 6) is 1.63. The maximum absolute atomic E-state index is 5.49. The van der Waals surface area contributed by atoms with E-state index < -0.39 is 0 Å². The van der Waals surface area contributed by atoms with Gasteiger partial charge in [-0.3, -0.25) is 4.90 Å². The van der Waals surface area contributed by atoms with Gasteiger partial charge in [-0.1, -0.05) is 25.1 Å². The van der Waals surface area contributed by atoms with E-state index in [0.29, 0.717) is 16.6 Å². The van der Waals surface area contributed by atoms with Gasteiger partial charge in [0.05, 0.1) is 10.5 Å². The Morgan fingerprint density at radius 1 is 1.24 bits per heavy atom. The van der Waals surface area contributed by atoms with Crippen molar-refractivity contribution < 1.29 is 0 Å². The number of nitrogens with zero attached hydrogens (tertiary/aromatic N) is 3. The van der Waals surface area contributed by atoms with Crippen LogP contribution in [-0.2, 0) is 0 Å². The SMILES string of the molecule is CN1CCN(C)C(c2nc(=S)c(Br)c(C3CCCC3)[nH]2)C1. The standard InChI is InChI=1S/C15H23BrN4S/c1-19-7-8-20(2)11(9-19)14-17-13(10-5-3-4-6-10)12(16)15(21)18-14/h10-11H,3-9H2,1-2H3,(H,17,18,21). The van der Waals surface area contributed by atoms with E-state index in [0.717, 1.165) is 29.9 Å². The first kappa shape index (κ1) is 15.6. The van der Waals surface area contributed by atoms with Gasteiger partial charge in [0, 0.05) is 31.2 Å². The summed E-state index contributed by atoms with van der Waals surface area (Å²) in [5, 5.41) is 0. The van der Waals surface area contributed by atoms with Crippen LogP contribution in [0.4, 0.5) is 0 Å². The first-order valence-electron chi connectivity index (χ1n) is 7.74. The second-order valence-corrected chi connectivity index (χ2v) is 7.57. The third-order valence-electron chi connectivity index (χ3n) is 4.84. The number of nitrogens with one attached hydrogen (secondary N) is 1. The van der Waals surface area contributed by atoms with E-state index in [1.54, 1.807) is 0 Å². The summed E-state index contributed by atoms with van der Waals surface area (Å²) >= 11 is 9.14. The first-order chi connectivity index (χ1) is 10.1. The number of aromatic nitrogens is 2. The van der Waals surface area contributed by atoms with Gasteiger partial charge in [-0.05, 0) is 42.9 Å². The highest BCUT2D eigenvalue weighted by atomic mass is 79.9. The Balaban J connectivity index is 1.97. The van der Waals surface area contributed by atoms with E-state index in [1.165, 1.54) is 31.4 Å². The topological polar surface area (TPSA) is 35.2 Å². The molecule has 1 aliphatic carbocycles. The van der Waals surface area contributed by atoms with Crippen LogP contribution in [0.5, 0.6) is 0 Å². The lowest BCUT2D eigenvalue weighted by Crippen LogP contribution is -2.45. The van der Waals surface area contributed by atoms with Crippen LogP contribution in [0.15, 0.2) is 4.47 Å². The van der Waals surface area contributed by atoms with Crippen molar-refractivity contribution in [2.45, 2.75) is 37.6 Å². The molecule has 1 N–H and O–H groups in total. The van der Waals surface area contributed by atoms with Gasteiger partial charge < -0.3 is 9.88 Å². The lowest BCUT2D eigenvalue weighted by molar-refractivity contribution is 0.109. The Kier molecular flexibility index (Phi) is 4.78. The molecular formula is C15H23BrN4S. The van der Waals surface area contributed by atoms with Crippen LogP contribution in [0.3, 0.4) is 0 Å². The number of likely N-dealkylation sites (N-methyl/N-ethyl adjacent to an activating group) is 2. The van der Waals surface area contributed by atoms with Gasteiger partial charge in [-0.25, -0.2) is 4.98 Å². The maximum Gasteiger partial charge on any atom is 0.144 e. The lowest BCUT2D eigenvalue weighted by atomic mass is 10.0. The summed E-state index contributed by atoms with van der Waals surface area (Å²) in [6.07, 6.45) is 5.16. The van der Waals surface area contributed by atoms with Crippen LogP contribution >= 0.6 is 28.1 Å². The van der Waals surface area contributed by atoms with Crippen molar-refractivity contribution in [1.29, 1.82) is 0 Å². The lowest BCUT2D eigenvalue weighted by Gasteiger charge is -2.37. The third-order valence-corrected chi connectivity index (χ3v) is 6.20. The Bertz CT molecular complexity index is 567. The van der Waals surface area contributed by atoms with E-state index in [-0.39, 0.29) is 0 Å². The molecule has 1 aromatic heterocycles. The summed E-state index contributed by atoms with van der Waals surface area (Å²) in [6, 6.07) is 0.304. The van der Waals surface area contributed by atoms with E-state index in [2.05, 4.69) is 49.8 Å². The van der Waals surface area contributed by atoms with Crippen molar-refractivity contribution >= 4 is 28.1 Å². The molecule has 1 atom stereocenters. The molecular weight excluding hydrogens is 348 g/mol. The molecule has 2 aliphatic rings.